The van der Waals surface area contributed by atoms with Crippen molar-refractivity contribution in [2.45, 2.75) is 19.8 Å². The molecule has 0 aliphatic heterocycles. The van der Waals surface area contributed by atoms with Gasteiger partial charge in [-0.05, 0) is 55.2 Å². The van der Waals surface area contributed by atoms with Gasteiger partial charge in [-0.15, -0.1) is 0 Å². The van der Waals surface area contributed by atoms with Crippen molar-refractivity contribution in [2.75, 3.05) is 11.9 Å². The van der Waals surface area contributed by atoms with Crippen molar-refractivity contribution in [3.63, 3.8) is 0 Å². The minimum Gasteiger partial charge on any atom is -0.396 e. The summed E-state index contributed by atoms with van der Waals surface area (Å²) in [6, 6.07) is 13.0. The Kier molecular flexibility index (Phi) is 5.37. The molecular formula is C17H18ClNO2. The third-order valence-corrected chi connectivity index (χ3v) is 3.49. The second kappa shape index (κ2) is 7.25. The number of carbonyl (C=O) groups is 1. The molecule has 1 amide bonds. The Balaban J connectivity index is 2.12. The Hall–Kier alpha value is -1.84. The van der Waals surface area contributed by atoms with Gasteiger partial charge in [-0.2, -0.15) is 0 Å². The number of nitrogens with one attached hydrogen (secondary N) is 1. The summed E-state index contributed by atoms with van der Waals surface area (Å²) in [5.41, 5.74) is 3.29. The van der Waals surface area contributed by atoms with Gasteiger partial charge in [-0.3, -0.25) is 4.79 Å². The van der Waals surface area contributed by atoms with E-state index in [1.807, 2.05) is 37.3 Å². The molecule has 0 aromatic heterocycles. The van der Waals surface area contributed by atoms with Crippen LogP contribution in [0.25, 0.3) is 0 Å². The van der Waals surface area contributed by atoms with Crippen LogP contribution < -0.4 is 5.32 Å². The Bertz CT molecular complexity index is 640. The van der Waals surface area contributed by atoms with Gasteiger partial charge in [0.25, 0.3) is 5.91 Å². The van der Waals surface area contributed by atoms with E-state index < -0.39 is 0 Å². The number of rotatable bonds is 5. The minimum absolute atomic E-state index is 0.162. The molecular weight excluding hydrogens is 286 g/mol. The van der Waals surface area contributed by atoms with E-state index >= 15 is 0 Å². The van der Waals surface area contributed by atoms with Crippen molar-refractivity contribution in [3.05, 3.63) is 64.2 Å². The number of amides is 1. The van der Waals surface area contributed by atoms with Crippen LogP contribution in [0.15, 0.2) is 42.5 Å². The van der Waals surface area contributed by atoms with Crippen molar-refractivity contribution >= 4 is 23.2 Å². The van der Waals surface area contributed by atoms with Gasteiger partial charge in [0.2, 0.25) is 0 Å². The normalized spacial score (nSPS) is 10.4. The van der Waals surface area contributed by atoms with Crippen LogP contribution >= 0.6 is 11.6 Å². The van der Waals surface area contributed by atoms with Crippen LogP contribution in [0.3, 0.4) is 0 Å². The number of aryl methyl sites for hydroxylation is 2. The highest BCUT2D eigenvalue weighted by Crippen LogP contribution is 2.20. The van der Waals surface area contributed by atoms with Gasteiger partial charge in [0.05, 0.1) is 10.6 Å². The number of halogens is 1. The minimum atomic E-state index is -0.223. The quantitative estimate of drug-likeness (QED) is 0.882. The number of aliphatic hydroxyl groups excluding tert-OH is 1. The summed E-state index contributed by atoms with van der Waals surface area (Å²) in [5, 5.41) is 12.2. The second-order valence-electron chi connectivity index (χ2n) is 4.96. The molecule has 0 fully saturated rings. The molecule has 2 N–H and O–H groups in total. The summed E-state index contributed by atoms with van der Waals surface area (Å²) in [7, 11) is 0. The molecule has 0 aliphatic rings. The van der Waals surface area contributed by atoms with Crippen LogP contribution in [0, 0.1) is 6.92 Å². The van der Waals surface area contributed by atoms with Crippen molar-refractivity contribution in [1.29, 1.82) is 0 Å². The van der Waals surface area contributed by atoms with Crippen LogP contribution in [-0.2, 0) is 6.42 Å². The van der Waals surface area contributed by atoms with Crippen LogP contribution in [0.1, 0.15) is 27.9 Å². The molecule has 3 nitrogen and oxygen atoms in total. The fourth-order valence-electron chi connectivity index (χ4n) is 2.09. The number of anilines is 1. The number of aliphatic hydroxyl groups is 1. The molecule has 0 saturated heterocycles. The molecule has 0 bridgehead atoms. The number of hydrogen-bond donors (Lipinski definition) is 2. The third-order valence-electron chi connectivity index (χ3n) is 3.18. The van der Waals surface area contributed by atoms with Crippen molar-refractivity contribution in [1.82, 2.24) is 0 Å². The fourth-order valence-corrected chi connectivity index (χ4v) is 2.41. The lowest BCUT2D eigenvalue weighted by molar-refractivity contribution is 0.102. The van der Waals surface area contributed by atoms with E-state index in [4.69, 9.17) is 16.7 Å². The van der Waals surface area contributed by atoms with Crippen molar-refractivity contribution < 1.29 is 9.90 Å². The fraction of sp³-hybridized carbons (Fsp3) is 0.235. The zero-order valence-corrected chi connectivity index (χ0v) is 12.7. The highest BCUT2D eigenvalue weighted by molar-refractivity contribution is 6.34. The van der Waals surface area contributed by atoms with Gasteiger partial charge in [0.15, 0.2) is 0 Å². The Morgan fingerprint density at radius 2 is 2.05 bits per heavy atom. The second-order valence-corrected chi connectivity index (χ2v) is 5.37. The van der Waals surface area contributed by atoms with Gasteiger partial charge in [0.1, 0.15) is 0 Å². The lowest BCUT2D eigenvalue weighted by Crippen LogP contribution is -2.12. The van der Waals surface area contributed by atoms with Gasteiger partial charge in [-0.25, -0.2) is 0 Å². The van der Waals surface area contributed by atoms with Crippen molar-refractivity contribution in [3.8, 4) is 0 Å². The highest BCUT2D eigenvalue weighted by Gasteiger charge is 2.10. The predicted octanol–water partition coefficient (Wildman–Crippen LogP) is 3.83. The average molecular weight is 304 g/mol. The molecule has 4 heteroatoms. The molecule has 0 heterocycles. The molecule has 0 atom stereocenters. The van der Waals surface area contributed by atoms with Crippen LogP contribution in [0.2, 0.25) is 5.02 Å². The average Bonchev–Trinajstić information content (AvgIpc) is 2.45. The van der Waals surface area contributed by atoms with E-state index in [0.717, 1.165) is 23.2 Å². The van der Waals surface area contributed by atoms with E-state index in [0.29, 0.717) is 17.0 Å². The summed E-state index contributed by atoms with van der Waals surface area (Å²) >= 11 is 6.10. The molecule has 0 unspecified atom stereocenters. The van der Waals surface area contributed by atoms with Gasteiger partial charge in [0, 0.05) is 12.3 Å². The maximum Gasteiger partial charge on any atom is 0.257 e. The van der Waals surface area contributed by atoms with E-state index in [1.165, 1.54) is 0 Å². The summed E-state index contributed by atoms with van der Waals surface area (Å²) in [6.07, 6.45) is 1.49. The largest absolute Gasteiger partial charge is 0.396 e. The van der Waals surface area contributed by atoms with E-state index in [1.54, 1.807) is 12.1 Å². The first kappa shape index (κ1) is 15.5. The predicted molar refractivity (Wildman–Crippen MR) is 86.0 cm³/mol. The topological polar surface area (TPSA) is 49.3 Å². The summed E-state index contributed by atoms with van der Waals surface area (Å²) in [6.45, 7) is 2.09. The van der Waals surface area contributed by atoms with Crippen LogP contribution in [0.4, 0.5) is 5.69 Å². The molecule has 2 aromatic carbocycles. The van der Waals surface area contributed by atoms with Crippen molar-refractivity contribution in [2.24, 2.45) is 0 Å². The number of benzene rings is 2. The molecule has 2 rings (SSSR count). The van der Waals surface area contributed by atoms with E-state index in [9.17, 15) is 4.79 Å². The maximum atomic E-state index is 12.2. The zero-order chi connectivity index (χ0) is 15.2. The first-order valence-electron chi connectivity index (χ1n) is 6.87. The number of hydrogen-bond acceptors (Lipinski definition) is 2. The Morgan fingerprint density at radius 3 is 2.76 bits per heavy atom. The first-order valence-corrected chi connectivity index (χ1v) is 7.25. The summed E-state index contributed by atoms with van der Waals surface area (Å²) < 4.78 is 0. The Labute approximate surface area is 129 Å². The molecule has 0 aliphatic carbocycles. The molecule has 2 aromatic rings. The van der Waals surface area contributed by atoms with Crippen LogP contribution in [0.5, 0.6) is 0 Å². The summed E-state index contributed by atoms with van der Waals surface area (Å²) in [4.78, 5) is 12.2. The highest BCUT2D eigenvalue weighted by atomic mass is 35.5. The molecule has 0 saturated carbocycles. The lowest BCUT2D eigenvalue weighted by Gasteiger charge is -2.09. The molecule has 21 heavy (non-hydrogen) atoms. The summed E-state index contributed by atoms with van der Waals surface area (Å²) in [5.74, 6) is -0.223. The van der Waals surface area contributed by atoms with Gasteiger partial charge in [-0.1, -0.05) is 29.8 Å². The van der Waals surface area contributed by atoms with Gasteiger partial charge < -0.3 is 10.4 Å². The zero-order valence-electron chi connectivity index (χ0n) is 11.9. The van der Waals surface area contributed by atoms with Gasteiger partial charge >= 0.3 is 0 Å². The van der Waals surface area contributed by atoms with E-state index in [-0.39, 0.29) is 12.5 Å². The molecule has 110 valence electrons. The molecule has 0 spiro atoms. The van der Waals surface area contributed by atoms with Crippen LogP contribution in [-0.4, -0.2) is 17.6 Å². The maximum absolute atomic E-state index is 12.2. The SMILES string of the molecule is Cc1ccc(C(=O)Nc2cccc(CCCO)c2)c(Cl)c1. The standard InChI is InChI=1S/C17H18ClNO2/c1-12-7-8-15(16(18)10-12)17(21)19-14-6-2-4-13(11-14)5-3-9-20/h2,4,6-8,10-11,20H,3,5,9H2,1H3,(H,19,21). The first-order chi connectivity index (χ1) is 10.1. The lowest BCUT2D eigenvalue weighted by atomic mass is 10.1. The van der Waals surface area contributed by atoms with E-state index in [2.05, 4.69) is 5.32 Å². The third kappa shape index (κ3) is 4.31. The monoisotopic (exact) mass is 303 g/mol. The Morgan fingerprint density at radius 1 is 1.24 bits per heavy atom. The smallest absolute Gasteiger partial charge is 0.257 e. The number of carbonyl (C=O) groups excluding carboxylic acids is 1. The molecule has 0 radical (unpaired) electrons.